The standard InChI is InChI=1S/C17H19NOS/c19-11-16(13-6-2-1-3-7-13)18-10-14-12-20-17-9-5-4-8-15(14)17/h1-9,14,16,18-19H,10-12H2. The second kappa shape index (κ2) is 6.44. The molecule has 2 unspecified atom stereocenters. The van der Waals surface area contributed by atoms with E-state index in [1.807, 2.05) is 30.0 Å². The lowest BCUT2D eigenvalue weighted by Gasteiger charge is -2.19. The highest BCUT2D eigenvalue weighted by molar-refractivity contribution is 7.99. The number of rotatable bonds is 5. The quantitative estimate of drug-likeness (QED) is 0.885. The van der Waals surface area contributed by atoms with Gasteiger partial charge in [0.2, 0.25) is 0 Å². The third-order valence-electron chi connectivity index (χ3n) is 3.79. The predicted molar refractivity (Wildman–Crippen MR) is 84.2 cm³/mol. The van der Waals surface area contributed by atoms with Crippen molar-refractivity contribution in [3.05, 3.63) is 65.7 Å². The average molecular weight is 285 g/mol. The number of aliphatic hydroxyl groups is 1. The van der Waals surface area contributed by atoms with E-state index in [-0.39, 0.29) is 12.6 Å². The Morgan fingerprint density at radius 2 is 1.85 bits per heavy atom. The van der Waals surface area contributed by atoms with Crippen LogP contribution in [0.1, 0.15) is 23.1 Å². The van der Waals surface area contributed by atoms with Crippen LogP contribution in [0, 0.1) is 0 Å². The smallest absolute Gasteiger partial charge is 0.0626 e. The molecule has 3 heteroatoms. The maximum Gasteiger partial charge on any atom is 0.0626 e. The Morgan fingerprint density at radius 3 is 2.65 bits per heavy atom. The molecule has 0 aliphatic carbocycles. The largest absolute Gasteiger partial charge is 0.394 e. The van der Waals surface area contributed by atoms with Crippen LogP contribution in [0.3, 0.4) is 0 Å². The van der Waals surface area contributed by atoms with Gasteiger partial charge in [-0.05, 0) is 17.2 Å². The second-order valence-electron chi connectivity index (χ2n) is 5.10. The molecule has 0 aromatic heterocycles. The summed E-state index contributed by atoms with van der Waals surface area (Å²) in [5, 5.41) is 13.1. The van der Waals surface area contributed by atoms with E-state index in [1.165, 1.54) is 10.5 Å². The maximum absolute atomic E-state index is 9.58. The molecule has 0 radical (unpaired) electrons. The number of fused-ring (bicyclic) bond motifs is 1. The van der Waals surface area contributed by atoms with E-state index in [1.54, 1.807) is 0 Å². The zero-order valence-corrected chi connectivity index (χ0v) is 12.1. The Bertz CT molecular complexity index is 556. The first-order valence-corrected chi connectivity index (χ1v) is 7.98. The Hall–Kier alpha value is -1.29. The fourth-order valence-corrected chi connectivity index (χ4v) is 3.91. The molecule has 2 atom stereocenters. The lowest BCUT2D eigenvalue weighted by molar-refractivity contribution is 0.243. The first-order chi connectivity index (χ1) is 9.88. The summed E-state index contributed by atoms with van der Waals surface area (Å²) in [5.74, 6) is 1.66. The van der Waals surface area contributed by atoms with E-state index in [0.717, 1.165) is 17.9 Å². The van der Waals surface area contributed by atoms with Crippen molar-refractivity contribution in [1.29, 1.82) is 0 Å². The Labute approximate surface area is 124 Å². The lowest BCUT2D eigenvalue weighted by Crippen LogP contribution is -2.28. The minimum absolute atomic E-state index is 0.0222. The van der Waals surface area contributed by atoms with Crippen molar-refractivity contribution < 1.29 is 5.11 Å². The first kappa shape index (κ1) is 13.7. The molecule has 2 N–H and O–H groups in total. The molecule has 104 valence electrons. The van der Waals surface area contributed by atoms with E-state index in [9.17, 15) is 5.11 Å². The topological polar surface area (TPSA) is 32.3 Å². The van der Waals surface area contributed by atoms with Crippen molar-refractivity contribution in [3.63, 3.8) is 0 Å². The molecule has 0 saturated carbocycles. The number of benzene rings is 2. The third-order valence-corrected chi connectivity index (χ3v) is 5.05. The summed E-state index contributed by atoms with van der Waals surface area (Å²) in [6.07, 6.45) is 0. The molecular weight excluding hydrogens is 266 g/mol. The lowest BCUT2D eigenvalue weighted by atomic mass is 10.0. The molecule has 1 heterocycles. The van der Waals surface area contributed by atoms with E-state index in [0.29, 0.717) is 5.92 Å². The highest BCUT2D eigenvalue weighted by atomic mass is 32.2. The summed E-state index contributed by atoms with van der Waals surface area (Å²) in [6, 6.07) is 18.8. The van der Waals surface area contributed by atoms with Crippen LogP contribution in [0.15, 0.2) is 59.5 Å². The van der Waals surface area contributed by atoms with Crippen molar-refractivity contribution in [2.75, 3.05) is 18.9 Å². The SMILES string of the molecule is OCC(NCC1CSc2ccccc21)c1ccccc1. The van der Waals surface area contributed by atoms with Gasteiger partial charge in [0.15, 0.2) is 0 Å². The van der Waals surface area contributed by atoms with Crippen LogP contribution in [0.25, 0.3) is 0 Å². The summed E-state index contributed by atoms with van der Waals surface area (Å²) in [7, 11) is 0. The van der Waals surface area contributed by atoms with Crippen molar-refractivity contribution in [3.8, 4) is 0 Å². The molecule has 2 nitrogen and oxygen atoms in total. The summed E-state index contributed by atoms with van der Waals surface area (Å²) in [4.78, 5) is 1.40. The molecule has 1 aliphatic rings. The highest BCUT2D eigenvalue weighted by Crippen LogP contribution is 2.39. The van der Waals surface area contributed by atoms with Crippen LogP contribution in [-0.2, 0) is 0 Å². The Morgan fingerprint density at radius 1 is 1.10 bits per heavy atom. The van der Waals surface area contributed by atoms with Crippen LogP contribution >= 0.6 is 11.8 Å². The molecule has 1 aliphatic heterocycles. The molecule has 0 amide bonds. The van der Waals surface area contributed by atoms with Gasteiger partial charge in [0.1, 0.15) is 0 Å². The zero-order chi connectivity index (χ0) is 13.8. The Kier molecular flexibility index (Phi) is 4.41. The highest BCUT2D eigenvalue weighted by Gasteiger charge is 2.23. The number of hydrogen-bond donors (Lipinski definition) is 2. The third kappa shape index (κ3) is 2.90. The van der Waals surface area contributed by atoms with Gasteiger partial charge in [-0.25, -0.2) is 0 Å². The molecular formula is C17H19NOS. The van der Waals surface area contributed by atoms with Gasteiger partial charge in [-0.3, -0.25) is 0 Å². The summed E-state index contributed by atoms with van der Waals surface area (Å²) < 4.78 is 0. The van der Waals surface area contributed by atoms with E-state index in [4.69, 9.17) is 0 Å². The van der Waals surface area contributed by atoms with Crippen LogP contribution in [0.5, 0.6) is 0 Å². The molecule has 0 saturated heterocycles. The summed E-state index contributed by atoms with van der Waals surface area (Å²) >= 11 is 1.93. The predicted octanol–water partition coefficient (Wildman–Crippen LogP) is 3.20. The van der Waals surface area contributed by atoms with Crippen molar-refractivity contribution in [2.24, 2.45) is 0 Å². The molecule has 2 aromatic carbocycles. The van der Waals surface area contributed by atoms with Crippen LogP contribution in [0.2, 0.25) is 0 Å². The first-order valence-electron chi connectivity index (χ1n) is 6.99. The molecule has 0 fully saturated rings. The van der Waals surface area contributed by atoms with E-state index < -0.39 is 0 Å². The van der Waals surface area contributed by atoms with Gasteiger partial charge >= 0.3 is 0 Å². The van der Waals surface area contributed by atoms with E-state index in [2.05, 4.69) is 41.7 Å². The maximum atomic E-state index is 9.58. The summed E-state index contributed by atoms with van der Waals surface area (Å²) in [6.45, 7) is 1.04. The van der Waals surface area contributed by atoms with Gasteiger partial charge in [-0.15, -0.1) is 11.8 Å². The van der Waals surface area contributed by atoms with Crippen molar-refractivity contribution in [1.82, 2.24) is 5.32 Å². The van der Waals surface area contributed by atoms with Gasteiger partial charge in [0, 0.05) is 23.1 Å². The second-order valence-corrected chi connectivity index (χ2v) is 6.16. The molecule has 0 bridgehead atoms. The van der Waals surface area contributed by atoms with E-state index >= 15 is 0 Å². The van der Waals surface area contributed by atoms with Crippen molar-refractivity contribution >= 4 is 11.8 Å². The number of nitrogens with one attached hydrogen (secondary N) is 1. The van der Waals surface area contributed by atoms with Gasteiger partial charge in [0.05, 0.1) is 12.6 Å². The van der Waals surface area contributed by atoms with Crippen LogP contribution in [0.4, 0.5) is 0 Å². The minimum atomic E-state index is 0.0222. The average Bonchev–Trinajstić information content (AvgIpc) is 2.92. The number of thioether (sulfide) groups is 1. The van der Waals surface area contributed by atoms with Crippen molar-refractivity contribution in [2.45, 2.75) is 16.9 Å². The van der Waals surface area contributed by atoms with Gasteiger partial charge in [-0.2, -0.15) is 0 Å². The fourth-order valence-electron chi connectivity index (χ4n) is 2.66. The van der Waals surface area contributed by atoms with Crippen LogP contribution in [-0.4, -0.2) is 24.0 Å². The van der Waals surface area contributed by atoms with Gasteiger partial charge < -0.3 is 10.4 Å². The Balaban J connectivity index is 1.65. The number of aliphatic hydroxyl groups excluding tert-OH is 1. The number of hydrogen-bond acceptors (Lipinski definition) is 3. The monoisotopic (exact) mass is 285 g/mol. The molecule has 20 heavy (non-hydrogen) atoms. The molecule has 3 rings (SSSR count). The fraction of sp³-hybridized carbons (Fsp3) is 0.294. The molecule has 2 aromatic rings. The van der Waals surface area contributed by atoms with Crippen LogP contribution < -0.4 is 5.32 Å². The minimum Gasteiger partial charge on any atom is -0.394 e. The zero-order valence-electron chi connectivity index (χ0n) is 11.3. The summed E-state index contributed by atoms with van der Waals surface area (Å²) in [5.41, 5.74) is 2.59. The normalized spacial score (nSPS) is 18.8. The molecule has 0 spiro atoms. The van der Waals surface area contributed by atoms with Gasteiger partial charge in [-0.1, -0.05) is 48.5 Å². The van der Waals surface area contributed by atoms with Gasteiger partial charge in [0.25, 0.3) is 0 Å².